The molecule has 0 radical (unpaired) electrons. The van der Waals surface area contributed by atoms with E-state index >= 15 is 0 Å². The Morgan fingerprint density at radius 3 is 2.67 bits per heavy atom. The van der Waals surface area contributed by atoms with Crippen molar-refractivity contribution in [2.75, 3.05) is 17.2 Å². The van der Waals surface area contributed by atoms with Crippen LogP contribution in [0.1, 0.15) is 16.1 Å². The van der Waals surface area contributed by atoms with E-state index in [0.717, 1.165) is 0 Å². The number of hydrogen-bond donors (Lipinski definition) is 3. The summed E-state index contributed by atoms with van der Waals surface area (Å²) < 4.78 is 0. The van der Waals surface area contributed by atoms with E-state index in [9.17, 15) is 9.59 Å². The summed E-state index contributed by atoms with van der Waals surface area (Å²) in [5.74, 6) is -0.393. The van der Waals surface area contributed by atoms with Crippen LogP contribution in [0.3, 0.4) is 0 Å². The first-order chi connectivity index (χ1) is 10.1. The molecule has 7 heteroatoms. The van der Waals surface area contributed by atoms with E-state index in [1.165, 1.54) is 11.3 Å². The standard InChI is InChI=1S/C14H14ClN3O2S/c15-10-8-9(17-13(19)5-6-16)3-4-11(10)18-14(20)12-2-1-7-21-12/h1-4,7-8H,5-6,16H2,(H,17,19)(H,18,20). The van der Waals surface area contributed by atoms with Gasteiger partial charge in [-0.3, -0.25) is 9.59 Å². The van der Waals surface area contributed by atoms with Crippen LogP contribution in [-0.2, 0) is 4.79 Å². The monoisotopic (exact) mass is 323 g/mol. The molecular formula is C14H14ClN3O2S. The van der Waals surface area contributed by atoms with E-state index in [-0.39, 0.29) is 24.8 Å². The summed E-state index contributed by atoms with van der Waals surface area (Å²) in [6.45, 7) is 0.286. The van der Waals surface area contributed by atoms with Crippen molar-refractivity contribution >= 4 is 46.1 Å². The van der Waals surface area contributed by atoms with Crippen molar-refractivity contribution in [3.05, 3.63) is 45.6 Å². The van der Waals surface area contributed by atoms with Gasteiger partial charge in [-0.2, -0.15) is 0 Å². The van der Waals surface area contributed by atoms with Crippen LogP contribution in [0.5, 0.6) is 0 Å². The number of rotatable bonds is 5. The highest BCUT2D eigenvalue weighted by Crippen LogP contribution is 2.26. The third kappa shape index (κ3) is 4.29. The van der Waals surface area contributed by atoms with Crippen LogP contribution in [-0.4, -0.2) is 18.4 Å². The van der Waals surface area contributed by atoms with Gasteiger partial charge in [-0.15, -0.1) is 11.3 Å². The van der Waals surface area contributed by atoms with Crippen LogP contribution in [0.2, 0.25) is 5.02 Å². The Balaban J connectivity index is 2.05. The number of nitrogens with two attached hydrogens (primary N) is 1. The number of nitrogens with one attached hydrogen (secondary N) is 2. The van der Waals surface area contributed by atoms with E-state index in [0.29, 0.717) is 21.3 Å². The fourth-order valence-corrected chi connectivity index (χ4v) is 2.49. The SMILES string of the molecule is NCCC(=O)Nc1ccc(NC(=O)c2cccs2)c(Cl)c1. The molecule has 2 rings (SSSR count). The number of hydrogen-bond acceptors (Lipinski definition) is 4. The zero-order chi connectivity index (χ0) is 15.2. The highest BCUT2D eigenvalue weighted by atomic mass is 35.5. The zero-order valence-corrected chi connectivity index (χ0v) is 12.6. The molecule has 4 N–H and O–H groups in total. The fraction of sp³-hybridized carbons (Fsp3) is 0.143. The Morgan fingerprint density at radius 1 is 1.24 bits per heavy atom. The molecule has 21 heavy (non-hydrogen) atoms. The normalized spacial score (nSPS) is 10.2. The maximum absolute atomic E-state index is 11.9. The minimum Gasteiger partial charge on any atom is -0.330 e. The number of benzene rings is 1. The van der Waals surface area contributed by atoms with Gasteiger partial charge >= 0.3 is 0 Å². The first-order valence-electron chi connectivity index (χ1n) is 6.24. The van der Waals surface area contributed by atoms with Crippen LogP contribution in [0.15, 0.2) is 35.7 Å². The first-order valence-corrected chi connectivity index (χ1v) is 7.50. The van der Waals surface area contributed by atoms with Gasteiger partial charge in [0.05, 0.1) is 15.6 Å². The van der Waals surface area contributed by atoms with Gasteiger partial charge in [0, 0.05) is 18.7 Å². The lowest BCUT2D eigenvalue weighted by atomic mass is 10.2. The topological polar surface area (TPSA) is 84.2 Å². The number of thiophene rings is 1. The van der Waals surface area contributed by atoms with Crippen molar-refractivity contribution in [1.29, 1.82) is 0 Å². The highest BCUT2D eigenvalue weighted by Gasteiger charge is 2.10. The van der Waals surface area contributed by atoms with E-state index in [2.05, 4.69) is 10.6 Å². The number of carbonyl (C=O) groups excluding carboxylic acids is 2. The van der Waals surface area contributed by atoms with E-state index in [1.807, 2.05) is 5.38 Å². The molecule has 2 amide bonds. The second-order valence-corrected chi connectivity index (χ2v) is 5.57. The smallest absolute Gasteiger partial charge is 0.265 e. The minimum absolute atomic E-state index is 0.177. The summed E-state index contributed by atoms with van der Waals surface area (Å²) in [4.78, 5) is 24.0. The van der Waals surface area contributed by atoms with Crippen LogP contribution < -0.4 is 16.4 Å². The van der Waals surface area contributed by atoms with Gasteiger partial charge in [0.1, 0.15) is 0 Å². The van der Waals surface area contributed by atoms with Crippen LogP contribution in [0, 0.1) is 0 Å². The van der Waals surface area contributed by atoms with Gasteiger partial charge in [-0.1, -0.05) is 17.7 Å². The Morgan fingerprint density at radius 2 is 2.05 bits per heavy atom. The number of carbonyl (C=O) groups is 2. The summed E-state index contributed by atoms with van der Waals surface area (Å²) in [5.41, 5.74) is 6.36. The Kier molecular flexibility index (Phi) is 5.32. The summed E-state index contributed by atoms with van der Waals surface area (Å²) in [6, 6.07) is 8.43. The predicted octanol–water partition coefficient (Wildman–Crippen LogP) is 2.94. The third-order valence-electron chi connectivity index (χ3n) is 2.62. The average molecular weight is 324 g/mol. The van der Waals surface area contributed by atoms with Crippen LogP contribution in [0.4, 0.5) is 11.4 Å². The summed E-state index contributed by atoms with van der Waals surface area (Å²) in [6.07, 6.45) is 0.245. The molecule has 0 aliphatic rings. The third-order valence-corrected chi connectivity index (χ3v) is 3.80. The highest BCUT2D eigenvalue weighted by molar-refractivity contribution is 7.12. The molecule has 2 aromatic rings. The molecule has 0 bridgehead atoms. The maximum Gasteiger partial charge on any atom is 0.265 e. The molecule has 0 unspecified atom stereocenters. The molecule has 1 aromatic carbocycles. The van der Waals surface area contributed by atoms with Crippen molar-refractivity contribution in [2.45, 2.75) is 6.42 Å². The fourth-order valence-electron chi connectivity index (χ4n) is 1.64. The lowest BCUT2D eigenvalue weighted by Gasteiger charge is -2.09. The Hall–Kier alpha value is -1.89. The van der Waals surface area contributed by atoms with Gasteiger partial charge < -0.3 is 16.4 Å². The zero-order valence-electron chi connectivity index (χ0n) is 11.1. The van der Waals surface area contributed by atoms with Crippen molar-refractivity contribution in [3.8, 4) is 0 Å². The Labute approximate surface area is 131 Å². The lowest BCUT2D eigenvalue weighted by molar-refractivity contribution is -0.116. The molecule has 0 saturated carbocycles. The molecular weight excluding hydrogens is 310 g/mol. The molecule has 0 saturated heterocycles. The lowest BCUT2D eigenvalue weighted by Crippen LogP contribution is -2.16. The second kappa shape index (κ2) is 7.21. The second-order valence-electron chi connectivity index (χ2n) is 4.21. The molecule has 0 aliphatic carbocycles. The van der Waals surface area contributed by atoms with Gasteiger partial charge in [0.25, 0.3) is 5.91 Å². The Bertz CT molecular complexity index is 644. The van der Waals surface area contributed by atoms with Crippen molar-refractivity contribution in [1.82, 2.24) is 0 Å². The van der Waals surface area contributed by atoms with Crippen LogP contribution >= 0.6 is 22.9 Å². The summed E-state index contributed by atoms with van der Waals surface area (Å²) in [7, 11) is 0. The largest absolute Gasteiger partial charge is 0.330 e. The number of halogens is 1. The van der Waals surface area contributed by atoms with E-state index in [4.69, 9.17) is 17.3 Å². The number of amides is 2. The van der Waals surface area contributed by atoms with Gasteiger partial charge in [-0.05, 0) is 29.6 Å². The molecule has 1 aromatic heterocycles. The molecule has 1 heterocycles. The quantitative estimate of drug-likeness (QED) is 0.791. The van der Waals surface area contributed by atoms with Gasteiger partial charge in [-0.25, -0.2) is 0 Å². The molecule has 0 spiro atoms. The average Bonchev–Trinajstić information content (AvgIpc) is 2.96. The number of anilines is 2. The molecule has 5 nitrogen and oxygen atoms in total. The first kappa shape index (κ1) is 15.5. The van der Waals surface area contributed by atoms with E-state index in [1.54, 1.807) is 30.3 Å². The molecule has 0 aliphatic heterocycles. The van der Waals surface area contributed by atoms with Crippen molar-refractivity contribution in [3.63, 3.8) is 0 Å². The molecule has 0 atom stereocenters. The van der Waals surface area contributed by atoms with Gasteiger partial charge in [0.15, 0.2) is 0 Å². The van der Waals surface area contributed by atoms with Crippen molar-refractivity contribution in [2.24, 2.45) is 5.73 Å². The molecule has 0 fully saturated rings. The van der Waals surface area contributed by atoms with Crippen molar-refractivity contribution < 1.29 is 9.59 Å². The minimum atomic E-state index is -0.216. The van der Waals surface area contributed by atoms with Gasteiger partial charge in [0.2, 0.25) is 5.91 Å². The summed E-state index contributed by atoms with van der Waals surface area (Å²) in [5, 5.41) is 7.58. The summed E-state index contributed by atoms with van der Waals surface area (Å²) >= 11 is 7.46. The van der Waals surface area contributed by atoms with E-state index < -0.39 is 0 Å². The molecule has 110 valence electrons. The predicted molar refractivity (Wildman–Crippen MR) is 86.0 cm³/mol. The van der Waals surface area contributed by atoms with Crippen LogP contribution in [0.25, 0.3) is 0 Å². The maximum atomic E-state index is 11.9.